The Balaban J connectivity index is 1.69. The van der Waals surface area contributed by atoms with Crippen molar-refractivity contribution >= 4 is 28.1 Å². The second-order valence-electron chi connectivity index (χ2n) is 6.55. The summed E-state index contributed by atoms with van der Waals surface area (Å²) in [5, 5.41) is 14.3. The van der Waals surface area contributed by atoms with E-state index in [4.69, 9.17) is 4.74 Å². The van der Waals surface area contributed by atoms with Crippen LogP contribution in [-0.2, 0) is 0 Å². The van der Waals surface area contributed by atoms with Gasteiger partial charge in [-0.05, 0) is 42.0 Å². The molecule has 154 valence electrons. The lowest BCUT2D eigenvalue weighted by Gasteiger charge is -2.03. The average Bonchev–Trinajstić information content (AvgIpc) is 3.23. The number of thiazole rings is 1. The normalized spacial score (nSPS) is 10.5. The van der Waals surface area contributed by atoms with Crippen LogP contribution in [0, 0.1) is 10.1 Å². The summed E-state index contributed by atoms with van der Waals surface area (Å²) in [5.41, 5.74) is 2.87. The van der Waals surface area contributed by atoms with Gasteiger partial charge < -0.3 is 4.74 Å². The Bertz CT molecular complexity index is 1220. The van der Waals surface area contributed by atoms with E-state index in [1.54, 1.807) is 43.5 Å². The predicted molar refractivity (Wildman–Crippen MR) is 121 cm³/mol. The Morgan fingerprint density at radius 1 is 0.968 bits per heavy atom. The fourth-order valence-corrected chi connectivity index (χ4v) is 4.00. The van der Waals surface area contributed by atoms with Crippen LogP contribution < -0.4 is 10.1 Å². The Kier molecular flexibility index (Phi) is 5.72. The molecule has 0 fully saturated rings. The molecule has 0 saturated carbocycles. The second-order valence-corrected chi connectivity index (χ2v) is 7.55. The van der Waals surface area contributed by atoms with Crippen LogP contribution >= 0.6 is 11.3 Å². The molecule has 0 radical (unpaired) electrons. The molecule has 1 aromatic heterocycles. The van der Waals surface area contributed by atoms with Crippen molar-refractivity contribution < 1.29 is 14.5 Å². The molecule has 0 bridgehead atoms. The molecule has 0 spiro atoms. The van der Waals surface area contributed by atoms with Crippen LogP contribution in [0.5, 0.6) is 5.75 Å². The average molecular weight is 431 g/mol. The minimum absolute atomic E-state index is 0.0163. The van der Waals surface area contributed by atoms with E-state index in [0.717, 1.165) is 16.0 Å². The summed E-state index contributed by atoms with van der Waals surface area (Å²) in [6.45, 7) is 0. The molecule has 8 heteroatoms. The summed E-state index contributed by atoms with van der Waals surface area (Å²) in [5.74, 6) is 0.379. The lowest BCUT2D eigenvalue weighted by Crippen LogP contribution is -2.11. The first-order chi connectivity index (χ1) is 15.0. The number of aromatic nitrogens is 1. The Labute approximate surface area is 182 Å². The van der Waals surface area contributed by atoms with Crippen LogP contribution in [0.4, 0.5) is 10.8 Å². The van der Waals surface area contributed by atoms with Crippen molar-refractivity contribution in [1.82, 2.24) is 4.98 Å². The highest BCUT2D eigenvalue weighted by Gasteiger charge is 2.18. The molecule has 4 aromatic rings. The summed E-state index contributed by atoms with van der Waals surface area (Å²) < 4.78 is 5.12. The largest absolute Gasteiger partial charge is 0.497 e. The van der Waals surface area contributed by atoms with Gasteiger partial charge in [0.25, 0.3) is 11.6 Å². The third-order valence-corrected chi connectivity index (χ3v) is 5.61. The smallest absolute Gasteiger partial charge is 0.269 e. The van der Waals surface area contributed by atoms with E-state index in [0.29, 0.717) is 22.1 Å². The van der Waals surface area contributed by atoms with E-state index in [1.807, 2.05) is 30.3 Å². The summed E-state index contributed by atoms with van der Waals surface area (Å²) in [4.78, 5) is 28.7. The highest BCUT2D eigenvalue weighted by atomic mass is 32.1. The number of anilines is 1. The highest BCUT2D eigenvalue weighted by Crippen LogP contribution is 2.39. The third-order valence-electron chi connectivity index (χ3n) is 4.59. The fraction of sp³-hybridized carbons (Fsp3) is 0.0435. The van der Waals surface area contributed by atoms with Gasteiger partial charge >= 0.3 is 0 Å². The topological polar surface area (TPSA) is 94.4 Å². The van der Waals surface area contributed by atoms with Crippen molar-refractivity contribution in [3.63, 3.8) is 0 Å². The SMILES string of the molecule is COc1ccc(C(=O)Nc2nc(-c3ccccc3)c(-c3ccc([N+](=O)[O-])cc3)s2)cc1. The number of carbonyl (C=O) groups is 1. The number of hydrogen-bond donors (Lipinski definition) is 1. The monoisotopic (exact) mass is 431 g/mol. The van der Waals surface area contributed by atoms with Crippen molar-refractivity contribution in [1.29, 1.82) is 0 Å². The zero-order valence-corrected chi connectivity index (χ0v) is 17.3. The van der Waals surface area contributed by atoms with Crippen molar-refractivity contribution in [3.8, 4) is 27.4 Å². The zero-order chi connectivity index (χ0) is 21.8. The molecule has 0 aliphatic heterocycles. The Morgan fingerprint density at radius 2 is 1.65 bits per heavy atom. The van der Waals surface area contributed by atoms with E-state index >= 15 is 0 Å². The molecule has 1 N–H and O–H groups in total. The number of nitrogens with zero attached hydrogens (tertiary/aromatic N) is 2. The quantitative estimate of drug-likeness (QED) is 0.315. The molecule has 0 unspecified atom stereocenters. The lowest BCUT2D eigenvalue weighted by molar-refractivity contribution is -0.384. The minimum Gasteiger partial charge on any atom is -0.497 e. The predicted octanol–water partition coefficient (Wildman–Crippen LogP) is 5.65. The van der Waals surface area contributed by atoms with Crippen LogP contribution in [0.1, 0.15) is 10.4 Å². The molecule has 31 heavy (non-hydrogen) atoms. The number of amides is 1. The summed E-state index contributed by atoms with van der Waals surface area (Å²) >= 11 is 1.31. The van der Waals surface area contributed by atoms with Crippen molar-refractivity contribution in [2.45, 2.75) is 0 Å². The molecule has 1 amide bonds. The molecule has 1 heterocycles. The summed E-state index contributed by atoms with van der Waals surface area (Å²) in [6, 6.07) is 22.7. The fourth-order valence-electron chi connectivity index (χ4n) is 3.01. The van der Waals surface area contributed by atoms with E-state index in [-0.39, 0.29) is 11.6 Å². The first-order valence-corrected chi connectivity index (χ1v) is 10.1. The number of nitro groups is 1. The van der Waals surface area contributed by atoms with Crippen LogP contribution in [0.2, 0.25) is 0 Å². The zero-order valence-electron chi connectivity index (χ0n) is 16.4. The van der Waals surface area contributed by atoms with Gasteiger partial charge in [0.1, 0.15) is 5.75 Å². The van der Waals surface area contributed by atoms with Gasteiger partial charge in [-0.15, -0.1) is 0 Å². The standard InChI is InChI=1S/C23H17N3O4S/c1-30-19-13-9-17(10-14-19)22(27)25-23-24-20(15-5-3-2-4-6-15)21(31-23)16-7-11-18(12-8-16)26(28)29/h2-14H,1H3,(H,24,25,27). The van der Waals surface area contributed by atoms with Crippen molar-refractivity contribution in [2.24, 2.45) is 0 Å². The first kappa shape index (κ1) is 20.2. The molecule has 0 aliphatic rings. The lowest BCUT2D eigenvalue weighted by atomic mass is 10.1. The summed E-state index contributed by atoms with van der Waals surface area (Å²) in [6.07, 6.45) is 0. The van der Waals surface area contributed by atoms with Crippen molar-refractivity contribution in [2.75, 3.05) is 12.4 Å². The van der Waals surface area contributed by atoms with E-state index in [9.17, 15) is 14.9 Å². The van der Waals surface area contributed by atoms with E-state index < -0.39 is 4.92 Å². The number of nitrogens with one attached hydrogen (secondary N) is 1. The first-order valence-electron chi connectivity index (χ1n) is 9.31. The van der Waals surface area contributed by atoms with Crippen LogP contribution in [0.3, 0.4) is 0 Å². The van der Waals surface area contributed by atoms with Crippen LogP contribution in [0.25, 0.3) is 21.7 Å². The number of carbonyl (C=O) groups excluding carboxylic acids is 1. The maximum atomic E-state index is 12.7. The molecule has 0 aliphatic carbocycles. The van der Waals surface area contributed by atoms with Gasteiger partial charge in [0.15, 0.2) is 5.13 Å². The number of rotatable bonds is 6. The summed E-state index contributed by atoms with van der Waals surface area (Å²) in [7, 11) is 1.56. The molecule has 0 atom stereocenters. The van der Waals surface area contributed by atoms with Gasteiger partial charge in [0.2, 0.25) is 0 Å². The van der Waals surface area contributed by atoms with E-state index in [2.05, 4.69) is 10.3 Å². The maximum absolute atomic E-state index is 12.7. The number of methoxy groups -OCH3 is 1. The minimum atomic E-state index is -0.435. The second kappa shape index (κ2) is 8.76. The number of benzene rings is 3. The van der Waals surface area contributed by atoms with E-state index in [1.165, 1.54) is 23.5 Å². The van der Waals surface area contributed by atoms with Gasteiger partial charge in [-0.1, -0.05) is 41.7 Å². The van der Waals surface area contributed by atoms with Crippen molar-refractivity contribution in [3.05, 3.63) is 94.5 Å². The molecule has 7 nitrogen and oxygen atoms in total. The van der Waals surface area contributed by atoms with Gasteiger partial charge in [-0.2, -0.15) is 0 Å². The maximum Gasteiger partial charge on any atom is 0.269 e. The number of ether oxygens (including phenoxy) is 1. The van der Waals surface area contributed by atoms with Gasteiger partial charge in [-0.3, -0.25) is 20.2 Å². The van der Waals surface area contributed by atoms with Gasteiger partial charge in [0, 0.05) is 23.3 Å². The molecule has 3 aromatic carbocycles. The molecule has 0 saturated heterocycles. The van der Waals surface area contributed by atoms with Gasteiger partial charge in [-0.25, -0.2) is 4.98 Å². The highest BCUT2D eigenvalue weighted by molar-refractivity contribution is 7.19. The molecular formula is C23H17N3O4S. The molecular weight excluding hydrogens is 414 g/mol. The Morgan fingerprint density at radius 3 is 2.26 bits per heavy atom. The third kappa shape index (κ3) is 4.44. The Hall–Kier alpha value is -4.04. The number of non-ortho nitro benzene ring substituents is 1. The van der Waals surface area contributed by atoms with Gasteiger partial charge in [0.05, 0.1) is 22.6 Å². The number of hydrogen-bond acceptors (Lipinski definition) is 6. The van der Waals surface area contributed by atoms with Crippen LogP contribution in [-0.4, -0.2) is 22.9 Å². The van der Waals surface area contributed by atoms with Crippen LogP contribution in [0.15, 0.2) is 78.9 Å². The number of nitro benzene ring substituents is 1. The molecule has 4 rings (SSSR count).